The van der Waals surface area contributed by atoms with Crippen LogP contribution in [0.1, 0.15) is 17.2 Å². The number of hydrogen-bond acceptors (Lipinski definition) is 5. The van der Waals surface area contributed by atoms with Gasteiger partial charge >= 0.3 is 0 Å². The van der Waals surface area contributed by atoms with Crippen LogP contribution in [0.25, 0.3) is 5.76 Å². The van der Waals surface area contributed by atoms with Gasteiger partial charge in [-0.25, -0.2) is 8.78 Å². The molecule has 6 nitrogen and oxygen atoms in total. The lowest BCUT2D eigenvalue weighted by Crippen LogP contribution is -2.29. The minimum absolute atomic E-state index is 0.0541. The number of aliphatic hydroxyl groups excluding tert-OH is 1. The molecule has 1 saturated heterocycles. The van der Waals surface area contributed by atoms with E-state index >= 15 is 0 Å². The minimum atomic E-state index is -1.26. The fourth-order valence-corrected chi connectivity index (χ4v) is 3.93. The number of hydrogen-bond donors (Lipinski definition) is 2. The summed E-state index contributed by atoms with van der Waals surface area (Å²) < 4.78 is 32.8. The smallest absolute Gasteiger partial charge is 0.300 e. The number of nitrogens with zero attached hydrogens (tertiary/aromatic N) is 1. The second-order valence-corrected chi connectivity index (χ2v) is 7.64. The summed E-state index contributed by atoms with van der Waals surface area (Å²) in [5.74, 6) is -5.04. The molecule has 168 valence electrons. The zero-order chi connectivity index (χ0) is 23.9. The van der Waals surface area contributed by atoms with E-state index in [1.807, 2.05) is 0 Å². The second-order valence-electron chi connectivity index (χ2n) is 7.21. The fraction of sp³-hybridized carbons (Fsp3) is 0.0833. The van der Waals surface area contributed by atoms with Crippen molar-refractivity contribution in [2.24, 2.45) is 0 Å². The maximum Gasteiger partial charge on any atom is 0.300 e. The molecular formula is C24H16ClF2NO5. The van der Waals surface area contributed by atoms with E-state index in [1.54, 1.807) is 0 Å². The van der Waals surface area contributed by atoms with Gasteiger partial charge in [-0.3, -0.25) is 14.5 Å². The number of ketones is 1. The van der Waals surface area contributed by atoms with E-state index in [0.29, 0.717) is 0 Å². The number of phenols is 1. The third kappa shape index (κ3) is 3.89. The number of halogens is 3. The van der Waals surface area contributed by atoms with E-state index in [9.17, 15) is 28.6 Å². The Labute approximate surface area is 191 Å². The van der Waals surface area contributed by atoms with Gasteiger partial charge in [0.15, 0.2) is 11.6 Å². The lowest BCUT2D eigenvalue weighted by molar-refractivity contribution is -0.132. The molecule has 1 amide bonds. The van der Waals surface area contributed by atoms with Crippen molar-refractivity contribution in [3.63, 3.8) is 0 Å². The van der Waals surface area contributed by atoms with Crippen molar-refractivity contribution in [1.82, 2.24) is 0 Å². The van der Waals surface area contributed by atoms with E-state index in [2.05, 4.69) is 0 Å². The Balaban J connectivity index is 2.00. The molecule has 0 aliphatic carbocycles. The molecule has 1 aliphatic rings. The van der Waals surface area contributed by atoms with Crippen LogP contribution in [0, 0.1) is 11.6 Å². The number of aliphatic hydroxyl groups is 1. The number of Topliss-reactive ketones (excluding diaryl/α,β-unsaturated/α-hetero) is 1. The number of rotatable bonds is 4. The number of methoxy groups -OCH3 is 1. The van der Waals surface area contributed by atoms with Crippen LogP contribution in [0.15, 0.2) is 66.2 Å². The molecular weight excluding hydrogens is 456 g/mol. The summed E-state index contributed by atoms with van der Waals surface area (Å²) in [6.07, 6.45) is 0. The molecule has 0 spiro atoms. The molecule has 0 saturated carbocycles. The zero-order valence-corrected chi connectivity index (χ0v) is 17.8. The van der Waals surface area contributed by atoms with E-state index < -0.39 is 35.1 Å². The molecule has 3 aromatic carbocycles. The Kier molecular flexibility index (Phi) is 5.78. The summed E-state index contributed by atoms with van der Waals surface area (Å²) in [6, 6.07) is 11.5. The van der Waals surface area contributed by atoms with Crippen LogP contribution in [0.4, 0.5) is 14.5 Å². The number of anilines is 1. The summed E-state index contributed by atoms with van der Waals surface area (Å²) in [4.78, 5) is 27.1. The Hall–Kier alpha value is -3.91. The third-order valence-corrected chi connectivity index (χ3v) is 5.46. The molecule has 0 radical (unpaired) electrons. The number of aromatic hydroxyl groups is 1. The molecule has 3 aromatic rings. The van der Waals surface area contributed by atoms with E-state index in [4.69, 9.17) is 16.3 Å². The zero-order valence-electron chi connectivity index (χ0n) is 17.1. The third-order valence-electron chi connectivity index (χ3n) is 5.23. The van der Waals surface area contributed by atoms with Gasteiger partial charge < -0.3 is 14.9 Å². The number of ether oxygens (including phenoxy) is 1. The van der Waals surface area contributed by atoms with Crippen molar-refractivity contribution < 1.29 is 33.3 Å². The Bertz CT molecular complexity index is 1320. The van der Waals surface area contributed by atoms with Gasteiger partial charge in [-0.15, -0.1) is 0 Å². The molecule has 1 heterocycles. The van der Waals surface area contributed by atoms with Crippen LogP contribution in [0.2, 0.25) is 5.02 Å². The van der Waals surface area contributed by atoms with Gasteiger partial charge in [0.2, 0.25) is 0 Å². The molecule has 0 aromatic heterocycles. The highest BCUT2D eigenvalue weighted by molar-refractivity contribution is 6.51. The Morgan fingerprint density at radius 2 is 1.79 bits per heavy atom. The molecule has 2 N–H and O–H groups in total. The molecule has 1 atom stereocenters. The van der Waals surface area contributed by atoms with Gasteiger partial charge in [-0.2, -0.15) is 0 Å². The van der Waals surface area contributed by atoms with Gasteiger partial charge in [0.25, 0.3) is 11.7 Å². The van der Waals surface area contributed by atoms with Gasteiger partial charge in [0, 0.05) is 16.8 Å². The van der Waals surface area contributed by atoms with Crippen molar-refractivity contribution in [3.8, 4) is 11.5 Å². The van der Waals surface area contributed by atoms with Crippen LogP contribution >= 0.6 is 11.6 Å². The number of amides is 1. The van der Waals surface area contributed by atoms with E-state index in [-0.39, 0.29) is 38.9 Å². The summed E-state index contributed by atoms with van der Waals surface area (Å²) in [5, 5.41) is 21.4. The van der Waals surface area contributed by atoms with Crippen LogP contribution in [-0.2, 0) is 9.59 Å². The second kappa shape index (κ2) is 8.55. The van der Waals surface area contributed by atoms with Crippen molar-refractivity contribution in [1.29, 1.82) is 0 Å². The minimum Gasteiger partial charge on any atom is -0.508 e. The van der Waals surface area contributed by atoms with Gasteiger partial charge in [-0.1, -0.05) is 23.7 Å². The topological polar surface area (TPSA) is 87.1 Å². The molecule has 4 rings (SSSR count). The van der Waals surface area contributed by atoms with Gasteiger partial charge in [0.05, 0.1) is 24.3 Å². The monoisotopic (exact) mass is 471 g/mol. The fourth-order valence-electron chi connectivity index (χ4n) is 3.75. The molecule has 33 heavy (non-hydrogen) atoms. The summed E-state index contributed by atoms with van der Waals surface area (Å²) >= 11 is 6.06. The van der Waals surface area contributed by atoms with E-state index in [0.717, 1.165) is 23.1 Å². The highest BCUT2D eigenvalue weighted by Gasteiger charge is 2.47. The molecule has 1 aliphatic heterocycles. The Morgan fingerprint density at radius 3 is 2.45 bits per heavy atom. The molecule has 1 unspecified atom stereocenters. The Morgan fingerprint density at radius 1 is 1.03 bits per heavy atom. The average molecular weight is 472 g/mol. The lowest BCUT2D eigenvalue weighted by atomic mass is 9.94. The highest BCUT2D eigenvalue weighted by atomic mass is 35.5. The number of phenolic OH excluding ortho intramolecular Hbond substituents is 1. The van der Waals surface area contributed by atoms with Crippen molar-refractivity contribution in [3.05, 3.63) is 94.0 Å². The molecule has 1 fully saturated rings. The van der Waals surface area contributed by atoms with Gasteiger partial charge in [-0.05, 0) is 48.0 Å². The number of benzene rings is 3. The first kappa shape index (κ1) is 22.3. The van der Waals surface area contributed by atoms with Crippen molar-refractivity contribution in [2.45, 2.75) is 6.04 Å². The van der Waals surface area contributed by atoms with Gasteiger partial charge in [0.1, 0.15) is 17.3 Å². The predicted molar refractivity (Wildman–Crippen MR) is 117 cm³/mol. The highest BCUT2D eigenvalue weighted by Crippen LogP contribution is 2.44. The van der Waals surface area contributed by atoms with Crippen LogP contribution < -0.4 is 9.64 Å². The number of carbonyl (C=O) groups excluding carboxylic acids is 2. The standard InChI is InChI=1S/C24H16ClF2NO5/c1-33-19-8-5-13(25)10-16(19)22(30)20-21(12-3-2-4-15(29)9-12)28(24(32)23(20)31)14-6-7-17(26)18(27)11-14/h2-11,21,29-30H,1H3/b22-20+. The first-order chi connectivity index (χ1) is 15.7. The average Bonchev–Trinajstić information content (AvgIpc) is 3.06. The first-order valence-corrected chi connectivity index (χ1v) is 9.99. The van der Waals surface area contributed by atoms with Crippen LogP contribution in [0.5, 0.6) is 11.5 Å². The lowest BCUT2D eigenvalue weighted by Gasteiger charge is -2.25. The number of carbonyl (C=O) groups is 2. The maximum atomic E-state index is 14.0. The van der Waals surface area contributed by atoms with E-state index in [1.165, 1.54) is 49.6 Å². The summed E-state index contributed by atoms with van der Waals surface area (Å²) in [6.45, 7) is 0. The normalized spacial score (nSPS) is 17.5. The SMILES string of the molecule is COc1ccc(Cl)cc1/C(O)=C1\C(=O)C(=O)N(c2ccc(F)c(F)c2)C1c1cccc(O)c1. The largest absolute Gasteiger partial charge is 0.508 e. The summed E-state index contributed by atoms with van der Waals surface area (Å²) in [5.41, 5.74) is -0.141. The quantitative estimate of drug-likeness (QED) is 0.319. The molecule has 9 heteroatoms. The van der Waals surface area contributed by atoms with Crippen LogP contribution in [-0.4, -0.2) is 29.0 Å². The maximum absolute atomic E-state index is 14.0. The van der Waals surface area contributed by atoms with Crippen LogP contribution in [0.3, 0.4) is 0 Å². The van der Waals surface area contributed by atoms with Crippen molar-refractivity contribution in [2.75, 3.05) is 12.0 Å². The first-order valence-electron chi connectivity index (χ1n) is 9.61. The molecule has 0 bridgehead atoms. The van der Waals surface area contributed by atoms with Crippen molar-refractivity contribution >= 4 is 34.7 Å². The summed E-state index contributed by atoms with van der Waals surface area (Å²) in [7, 11) is 1.35. The predicted octanol–water partition coefficient (Wildman–Crippen LogP) is 4.96.